The first-order valence-electron chi connectivity index (χ1n) is 4.41. The van der Waals surface area contributed by atoms with Crippen LogP contribution in [0.25, 0.3) is 0 Å². The van der Waals surface area contributed by atoms with Gasteiger partial charge in [-0.15, -0.1) is 0 Å². The highest BCUT2D eigenvalue weighted by Gasteiger charge is 2.37. The van der Waals surface area contributed by atoms with Gasteiger partial charge in [0, 0.05) is 24.2 Å². The summed E-state index contributed by atoms with van der Waals surface area (Å²) in [4.78, 5) is 0. The zero-order valence-corrected chi connectivity index (χ0v) is 9.89. The van der Waals surface area contributed by atoms with Crippen LogP contribution in [0.4, 0.5) is 0 Å². The van der Waals surface area contributed by atoms with Gasteiger partial charge >= 0.3 is 0 Å². The molecule has 4 unspecified atom stereocenters. The van der Waals surface area contributed by atoms with Crippen molar-refractivity contribution in [2.45, 2.75) is 51.9 Å². The average Bonchev–Trinajstić information content (AvgIpc) is 2.08. The Bertz CT molecular complexity index is 107. The molecule has 0 aliphatic carbocycles. The van der Waals surface area contributed by atoms with E-state index in [1.807, 2.05) is 0 Å². The Morgan fingerprint density at radius 3 is 1.00 bits per heavy atom. The molecular weight excluding hydrogens is 188 g/mol. The minimum Gasteiger partial charge on any atom is -0.244 e. The molecule has 1 aliphatic rings. The van der Waals surface area contributed by atoms with Crippen molar-refractivity contribution in [1.29, 1.82) is 0 Å². The van der Waals surface area contributed by atoms with Gasteiger partial charge in [0.05, 0.1) is 0 Å². The average molecular weight is 206 g/mol. The molecule has 1 rings (SSSR count). The van der Waals surface area contributed by atoms with Gasteiger partial charge < -0.3 is 0 Å². The number of hydrogen-bond acceptors (Lipinski definition) is 4. The van der Waals surface area contributed by atoms with Crippen LogP contribution in [0.15, 0.2) is 0 Å². The summed E-state index contributed by atoms with van der Waals surface area (Å²) in [5.41, 5.74) is 0. The molecule has 0 N–H and O–H groups in total. The molecule has 12 heavy (non-hydrogen) atoms. The van der Waals surface area contributed by atoms with Gasteiger partial charge in [0.25, 0.3) is 0 Å². The van der Waals surface area contributed by atoms with E-state index in [0.29, 0.717) is 24.2 Å². The first kappa shape index (κ1) is 10.7. The monoisotopic (exact) mass is 206 g/mol. The highest BCUT2D eigenvalue weighted by Crippen LogP contribution is 2.28. The molecule has 0 aromatic carbocycles. The van der Waals surface area contributed by atoms with Gasteiger partial charge in [-0.25, -0.2) is 8.61 Å². The molecule has 2 nitrogen and oxygen atoms in total. The van der Waals surface area contributed by atoms with Crippen molar-refractivity contribution < 1.29 is 0 Å². The van der Waals surface area contributed by atoms with Crippen molar-refractivity contribution in [2.75, 3.05) is 0 Å². The Hall–Kier alpha value is 0.620. The summed E-state index contributed by atoms with van der Waals surface area (Å²) in [6.45, 7) is 8.74. The topological polar surface area (TPSA) is 6.48 Å². The van der Waals surface area contributed by atoms with Crippen molar-refractivity contribution in [3.05, 3.63) is 0 Å². The summed E-state index contributed by atoms with van der Waals surface area (Å²) in [5, 5.41) is 0. The number of nitrogens with zero attached hydrogens (tertiary/aromatic N) is 2. The van der Waals surface area contributed by atoms with Crippen LogP contribution in [0.2, 0.25) is 0 Å². The maximum atomic E-state index is 4.48. The summed E-state index contributed by atoms with van der Waals surface area (Å²) in [7, 11) is 0. The van der Waals surface area contributed by atoms with Crippen LogP contribution in [0.5, 0.6) is 0 Å². The lowest BCUT2D eigenvalue weighted by molar-refractivity contribution is 0.0855. The zero-order valence-electron chi connectivity index (χ0n) is 8.10. The molecule has 0 saturated carbocycles. The third-order valence-corrected chi connectivity index (χ3v) is 4.52. The second-order valence-corrected chi connectivity index (χ2v) is 4.65. The molecular formula is C8H18N2S2. The van der Waals surface area contributed by atoms with E-state index >= 15 is 0 Å². The molecule has 4 heteroatoms. The van der Waals surface area contributed by atoms with Crippen LogP contribution in [0.3, 0.4) is 0 Å². The molecule has 0 bridgehead atoms. The molecule has 0 spiro atoms. The lowest BCUT2D eigenvalue weighted by Crippen LogP contribution is -2.59. The molecule has 4 atom stereocenters. The van der Waals surface area contributed by atoms with Gasteiger partial charge in [0.1, 0.15) is 0 Å². The third-order valence-electron chi connectivity index (χ3n) is 3.07. The van der Waals surface area contributed by atoms with Crippen LogP contribution in [0.1, 0.15) is 27.7 Å². The number of piperazine rings is 1. The maximum Gasteiger partial charge on any atom is 0.0338 e. The van der Waals surface area contributed by atoms with Crippen molar-refractivity contribution in [2.24, 2.45) is 0 Å². The van der Waals surface area contributed by atoms with E-state index < -0.39 is 0 Å². The molecule has 0 radical (unpaired) electrons. The molecule has 0 aromatic heterocycles. The molecule has 1 aliphatic heterocycles. The van der Waals surface area contributed by atoms with Crippen LogP contribution < -0.4 is 0 Å². The molecule has 1 saturated heterocycles. The zero-order chi connectivity index (χ0) is 9.46. The fraction of sp³-hybridized carbons (Fsp3) is 1.00. The first-order chi connectivity index (χ1) is 5.46. The summed E-state index contributed by atoms with van der Waals surface area (Å²) in [6.07, 6.45) is 0. The SMILES string of the molecule is CC1C(C)N(S)C(C)C(C)N1S. The Morgan fingerprint density at radius 2 is 0.833 bits per heavy atom. The highest BCUT2D eigenvalue weighted by atomic mass is 32.1. The lowest BCUT2D eigenvalue weighted by atomic mass is 10.0. The van der Waals surface area contributed by atoms with Crippen molar-refractivity contribution in [1.82, 2.24) is 8.61 Å². The van der Waals surface area contributed by atoms with E-state index in [4.69, 9.17) is 0 Å². The van der Waals surface area contributed by atoms with Crippen LogP contribution in [0, 0.1) is 0 Å². The third kappa shape index (κ3) is 1.62. The maximum absolute atomic E-state index is 4.48. The minimum absolute atomic E-state index is 0.456. The van der Waals surface area contributed by atoms with Gasteiger partial charge in [-0.1, -0.05) is 25.6 Å². The standard InChI is InChI=1S/C8H18N2S2/c1-5-6(2)10(12)8(4)7(3)9(5)11/h5-8,11-12H,1-4H3. The number of thiol groups is 2. The van der Waals surface area contributed by atoms with E-state index in [1.165, 1.54) is 0 Å². The largest absolute Gasteiger partial charge is 0.244 e. The Labute approximate surface area is 86.4 Å². The summed E-state index contributed by atoms with van der Waals surface area (Å²) >= 11 is 8.97. The van der Waals surface area contributed by atoms with Gasteiger partial charge in [-0.05, 0) is 27.7 Å². The molecule has 72 valence electrons. The van der Waals surface area contributed by atoms with Crippen molar-refractivity contribution in [3.63, 3.8) is 0 Å². The van der Waals surface area contributed by atoms with Gasteiger partial charge in [0.15, 0.2) is 0 Å². The number of hydrogen-bond donors (Lipinski definition) is 2. The fourth-order valence-electron chi connectivity index (χ4n) is 1.63. The van der Waals surface area contributed by atoms with Crippen molar-refractivity contribution in [3.8, 4) is 0 Å². The van der Waals surface area contributed by atoms with Crippen molar-refractivity contribution >= 4 is 25.6 Å². The minimum atomic E-state index is 0.456. The highest BCUT2D eigenvalue weighted by molar-refractivity contribution is 7.78. The van der Waals surface area contributed by atoms with Crippen LogP contribution >= 0.6 is 25.6 Å². The first-order valence-corrected chi connectivity index (χ1v) is 5.21. The number of rotatable bonds is 0. The normalized spacial score (nSPS) is 46.5. The predicted octanol–water partition coefficient (Wildman–Crippen LogP) is 1.85. The Balaban J connectivity index is 2.76. The Morgan fingerprint density at radius 1 is 0.667 bits per heavy atom. The van der Waals surface area contributed by atoms with Gasteiger partial charge in [0.2, 0.25) is 0 Å². The second-order valence-electron chi connectivity index (χ2n) is 3.72. The van der Waals surface area contributed by atoms with E-state index in [-0.39, 0.29) is 0 Å². The van der Waals surface area contributed by atoms with Gasteiger partial charge in [-0.3, -0.25) is 0 Å². The van der Waals surface area contributed by atoms with Gasteiger partial charge in [-0.2, -0.15) is 0 Å². The predicted molar refractivity (Wildman–Crippen MR) is 59.5 cm³/mol. The van der Waals surface area contributed by atoms with E-state index in [2.05, 4.69) is 61.9 Å². The fourth-order valence-corrected chi connectivity index (χ4v) is 2.40. The van der Waals surface area contributed by atoms with E-state index in [0.717, 1.165) is 0 Å². The second kappa shape index (κ2) is 3.78. The smallest absolute Gasteiger partial charge is 0.0338 e. The van der Waals surface area contributed by atoms with Crippen LogP contribution in [-0.2, 0) is 0 Å². The molecule has 0 aromatic rings. The summed E-state index contributed by atoms with van der Waals surface area (Å²) in [6, 6.07) is 1.82. The summed E-state index contributed by atoms with van der Waals surface area (Å²) < 4.78 is 4.25. The Kier molecular flexibility index (Phi) is 3.37. The van der Waals surface area contributed by atoms with E-state index in [1.54, 1.807) is 0 Å². The van der Waals surface area contributed by atoms with Crippen LogP contribution in [-0.4, -0.2) is 32.8 Å². The quantitative estimate of drug-likeness (QED) is 0.584. The van der Waals surface area contributed by atoms with E-state index in [9.17, 15) is 0 Å². The summed E-state index contributed by atoms with van der Waals surface area (Å²) in [5.74, 6) is 0. The lowest BCUT2D eigenvalue weighted by Gasteiger charge is -2.48. The molecule has 1 heterocycles. The molecule has 0 amide bonds. The molecule has 1 fully saturated rings.